The summed E-state index contributed by atoms with van der Waals surface area (Å²) in [6, 6.07) is 14.8. The largest absolute Gasteiger partial charge is 0.486 e. The molecule has 2 aliphatic rings. The average molecular weight is 503 g/mol. The fourth-order valence-corrected chi connectivity index (χ4v) is 4.25. The number of hydrazine groups is 1. The fraction of sp³-hybridized carbons (Fsp3) is 0.185. The van der Waals surface area contributed by atoms with Gasteiger partial charge in [-0.2, -0.15) is 0 Å². The Bertz CT molecular complexity index is 1420. The smallest absolute Gasteiger partial charge is 0.273 e. The number of amides is 4. The van der Waals surface area contributed by atoms with E-state index in [1.54, 1.807) is 37.3 Å². The maximum atomic E-state index is 13.9. The minimum Gasteiger partial charge on any atom is -0.486 e. The topological polar surface area (TPSA) is 105 Å². The molecule has 0 saturated carbocycles. The van der Waals surface area contributed by atoms with Gasteiger partial charge in [-0.05, 0) is 49.4 Å². The van der Waals surface area contributed by atoms with Gasteiger partial charge in [-0.3, -0.25) is 24.6 Å². The number of ether oxygens (including phenoxy) is 2. The lowest BCUT2D eigenvalue weighted by Crippen LogP contribution is -2.54. The SMILES string of the molecule is Cc1cccc(C(=O)NN(C(=O)c2cccc(F)c2)C2CC(=O)N(c3ccc4c(c3)OCCO4)C2=O)c1. The van der Waals surface area contributed by atoms with Crippen molar-refractivity contribution >= 4 is 29.3 Å². The summed E-state index contributed by atoms with van der Waals surface area (Å²) in [5.41, 5.74) is 3.68. The van der Waals surface area contributed by atoms with Crippen LogP contribution in [-0.2, 0) is 9.59 Å². The number of carbonyl (C=O) groups is 4. The molecule has 37 heavy (non-hydrogen) atoms. The summed E-state index contributed by atoms with van der Waals surface area (Å²) in [7, 11) is 0. The van der Waals surface area contributed by atoms with Gasteiger partial charge in [0.05, 0.1) is 12.1 Å². The average Bonchev–Trinajstić information content (AvgIpc) is 3.19. The van der Waals surface area contributed by atoms with Crippen LogP contribution in [0, 0.1) is 12.7 Å². The van der Waals surface area contributed by atoms with Gasteiger partial charge in [-0.15, -0.1) is 0 Å². The van der Waals surface area contributed by atoms with Gasteiger partial charge in [0.1, 0.15) is 25.1 Å². The first-order chi connectivity index (χ1) is 17.8. The van der Waals surface area contributed by atoms with Crippen molar-refractivity contribution in [3.8, 4) is 11.5 Å². The molecule has 2 aliphatic heterocycles. The molecule has 4 amide bonds. The van der Waals surface area contributed by atoms with Crippen LogP contribution in [-0.4, -0.2) is 47.9 Å². The van der Waals surface area contributed by atoms with Crippen LogP contribution in [0.25, 0.3) is 0 Å². The summed E-state index contributed by atoms with van der Waals surface area (Å²) < 4.78 is 24.9. The van der Waals surface area contributed by atoms with E-state index in [4.69, 9.17) is 9.47 Å². The third-order valence-corrected chi connectivity index (χ3v) is 6.01. The standard InChI is InChI=1S/C27H22FN3O6/c1-16-4-2-5-17(12-16)25(33)29-31(26(34)18-6-3-7-19(28)13-18)21-15-24(32)30(27(21)35)20-8-9-22-23(14-20)37-11-10-36-22/h2-9,12-14,21H,10-11,15H2,1H3,(H,29,33). The molecule has 0 bridgehead atoms. The summed E-state index contributed by atoms with van der Waals surface area (Å²) in [5, 5.41) is 0.803. The number of halogens is 1. The summed E-state index contributed by atoms with van der Waals surface area (Å²) in [6.45, 7) is 2.51. The lowest BCUT2D eigenvalue weighted by molar-refractivity contribution is -0.122. The van der Waals surface area contributed by atoms with Gasteiger partial charge >= 0.3 is 0 Å². The Labute approximate surface area is 211 Å². The van der Waals surface area contributed by atoms with E-state index in [9.17, 15) is 23.6 Å². The molecule has 5 rings (SSSR count). The van der Waals surface area contributed by atoms with Crippen molar-refractivity contribution in [1.29, 1.82) is 0 Å². The molecule has 1 N–H and O–H groups in total. The zero-order chi connectivity index (χ0) is 26.1. The summed E-state index contributed by atoms with van der Waals surface area (Å²) >= 11 is 0. The lowest BCUT2D eigenvalue weighted by Gasteiger charge is -2.28. The first-order valence-electron chi connectivity index (χ1n) is 11.5. The normalized spacial score (nSPS) is 16.5. The number of hydrogen-bond donors (Lipinski definition) is 1. The van der Waals surface area contributed by atoms with Gasteiger partial charge in [0.2, 0.25) is 5.91 Å². The van der Waals surface area contributed by atoms with Gasteiger partial charge < -0.3 is 9.47 Å². The molecule has 1 saturated heterocycles. The van der Waals surface area contributed by atoms with E-state index in [1.165, 1.54) is 30.3 Å². The number of fused-ring (bicyclic) bond motifs is 1. The highest BCUT2D eigenvalue weighted by Crippen LogP contribution is 2.36. The molecule has 0 spiro atoms. The Kier molecular flexibility index (Phi) is 6.31. The number of carbonyl (C=O) groups excluding carboxylic acids is 4. The van der Waals surface area contributed by atoms with Crippen molar-refractivity contribution in [3.63, 3.8) is 0 Å². The second kappa shape index (κ2) is 9.73. The lowest BCUT2D eigenvalue weighted by atomic mass is 10.1. The van der Waals surface area contributed by atoms with E-state index in [2.05, 4.69) is 5.43 Å². The first-order valence-corrected chi connectivity index (χ1v) is 11.5. The third kappa shape index (κ3) is 4.73. The predicted octanol–water partition coefficient (Wildman–Crippen LogP) is 3.02. The molecule has 1 atom stereocenters. The minimum atomic E-state index is -1.36. The van der Waals surface area contributed by atoms with E-state index >= 15 is 0 Å². The molecule has 3 aromatic carbocycles. The van der Waals surface area contributed by atoms with E-state index in [0.717, 1.165) is 21.5 Å². The molecule has 0 aliphatic carbocycles. The number of anilines is 1. The third-order valence-electron chi connectivity index (χ3n) is 6.01. The van der Waals surface area contributed by atoms with Gasteiger partial charge in [-0.1, -0.05) is 23.8 Å². The van der Waals surface area contributed by atoms with Gasteiger partial charge in [0, 0.05) is 17.2 Å². The molecular weight excluding hydrogens is 481 g/mol. The monoisotopic (exact) mass is 503 g/mol. The number of imide groups is 1. The maximum Gasteiger partial charge on any atom is 0.273 e. The Balaban J connectivity index is 1.48. The number of rotatable bonds is 4. The zero-order valence-electron chi connectivity index (χ0n) is 19.8. The molecule has 0 radical (unpaired) electrons. The van der Waals surface area contributed by atoms with E-state index in [-0.39, 0.29) is 23.2 Å². The Morgan fingerprint density at radius 1 is 0.946 bits per heavy atom. The molecular formula is C27H22FN3O6. The second-order valence-corrected chi connectivity index (χ2v) is 8.61. The highest BCUT2D eigenvalue weighted by atomic mass is 19.1. The molecule has 9 nitrogen and oxygen atoms in total. The molecule has 10 heteroatoms. The van der Waals surface area contributed by atoms with Crippen LogP contribution in [0.4, 0.5) is 10.1 Å². The van der Waals surface area contributed by atoms with Crippen molar-refractivity contribution < 1.29 is 33.0 Å². The van der Waals surface area contributed by atoms with E-state index < -0.39 is 35.5 Å². The Morgan fingerprint density at radius 2 is 1.68 bits per heavy atom. The van der Waals surface area contributed by atoms with Crippen LogP contribution in [0.1, 0.15) is 32.7 Å². The molecule has 1 unspecified atom stereocenters. The quantitative estimate of drug-likeness (QED) is 0.434. The van der Waals surface area contributed by atoms with Gasteiger partial charge in [-0.25, -0.2) is 14.3 Å². The van der Waals surface area contributed by atoms with Crippen LogP contribution in [0.15, 0.2) is 66.7 Å². The Morgan fingerprint density at radius 3 is 2.43 bits per heavy atom. The predicted molar refractivity (Wildman–Crippen MR) is 130 cm³/mol. The van der Waals surface area contributed by atoms with E-state index in [0.29, 0.717) is 24.7 Å². The highest BCUT2D eigenvalue weighted by molar-refractivity contribution is 6.23. The van der Waals surface area contributed by atoms with Crippen LogP contribution < -0.4 is 19.8 Å². The number of hydrogen-bond acceptors (Lipinski definition) is 6. The van der Waals surface area contributed by atoms with Crippen LogP contribution in [0.5, 0.6) is 11.5 Å². The van der Waals surface area contributed by atoms with Crippen molar-refractivity contribution in [2.75, 3.05) is 18.1 Å². The number of nitrogens with zero attached hydrogens (tertiary/aromatic N) is 2. The molecule has 1 fully saturated rings. The summed E-state index contributed by atoms with van der Waals surface area (Å²) in [4.78, 5) is 53.9. The first kappa shape index (κ1) is 24.0. The molecule has 188 valence electrons. The number of nitrogens with one attached hydrogen (secondary N) is 1. The molecule has 3 aromatic rings. The maximum absolute atomic E-state index is 13.9. The molecule has 0 aromatic heterocycles. The second-order valence-electron chi connectivity index (χ2n) is 8.61. The van der Waals surface area contributed by atoms with E-state index in [1.807, 2.05) is 0 Å². The van der Waals surface area contributed by atoms with Crippen molar-refractivity contribution in [3.05, 3.63) is 89.2 Å². The fourth-order valence-electron chi connectivity index (χ4n) is 4.25. The van der Waals surface area contributed by atoms with Gasteiger partial charge in [0.15, 0.2) is 11.5 Å². The van der Waals surface area contributed by atoms with Gasteiger partial charge in [0.25, 0.3) is 17.7 Å². The molecule has 2 heterocycles. The zero-order valence-corrected chi connectivity index (χ0v) is 19.8. The number of benzene rings is 3. The highest BCUT2D eigenvalue weighted by Gasteiger charge is 2.46. The summed E-state index contributed by atoms with van der Waals surface area (Å²) in [6.07, 6.45) is -0.386. The van der Waals surface area contributed by atoms with Crippen LogP contribution in [0.3, 0.4) is 0 Å². The van der Waals surface area contributed by atoms with Crippen LogP contribution >= 0.6 is 0 Å². The van der Waals surface area contributed by atoms with Crippen molar-refractivity contribution in [1.82, 2.24) is 10.4 Å². The Hall–Kier alpha value is -4.73. The minimum absolute atomic E-state index is 0.0948. The van der Waals surface area contributed by atoms with Crippen molar-refractivity contribution in [2.24, 2.45) is 0 Å². The van der Waals surface area contributed by atoms with Crippen molar-refractivity contribution in [2.45, 2.75) is 19.4 Å². The summed E-state index contributed by atoms with van der Waals surface area (Å²) in [5.74, 6) is -2.60. The number of aryl methyl sites for hydroxylation is 1. The van der Waals surface area contributed by atoms with Crippen LogP contribution in [0.2, 0.25) is 0 Å².